The fourth-order valence-electron chi connectivity index (χ4n) is 1.35. The summed E-state index contributed by atoms with van der Waals surface area (Å²) < 4.78 is 5.30. The van der Waals surface area contributed by atoms with Crippen LogP contribution in [0.3, 0.4) is 0 Å². The lowest BCUT2D eigenvalue weighted by molar-refractivity contribution is -0.141. The van der Waals surface area contributed by atoms with Gasteiger partial charge in [0, 0.05) is 13.2 Å². The summed E-state index contributed by atoms with van der Waals surface area (Å²) in [6.45, 7) is 2.73. The van der Waals surface area contributed by atoms with Crippen molar-refractivity contribution in [3.05, 3.63) is 0 Å². The molecular formula is C11H20N2O5. The van der Waals surface area contributed by atoms with E-state index in [0.29, 0.717) is 25.7 Å². The molecule has 1 rings (SSSR count). The summed E-state index contributed by atoms with van der Waals surface area (Å²) in [4.78, 5) is 22.0. The van der Waals surface area contributed by atoms with Crippen LogP contribution in [-0.2, 0) is 9.53 Å². The Morgan fingerprint density at radius 1 is 1.44 bits per heavy atom. The smallest absolute Gasteiger partial charge is 0.328 e. The third kappa shape index (κ3) is 5.83. The third-order valence-corrected chi connectivity index (χ3v) is 2.62. The van der Waals surface area contributed by atoms with E-state index in [4.69, 9.17) is 14.9 Å². The van der Waals surface area contributed by atoms with E-state index in [1.807, 2.05) is 0 Å². The number of rotatable bonds is 8. The Bertz CT molecular complexity index is 291. The molecule has 1 aliphatic rings. The van der Waals surface area contributed by atoms with Crippen molar-refractivity contribution in [1.29, 1.82) is 0 Å². The summed E-state index contributed by atoms with van der Waals surface area (Å²) in [5, 5.41) is 22.5. The van der Waals surface area contributed by atoms with Crippen LogP contribution >= 0.6 is 0 Å². The van der Waals surface area contributed by atoms with Gasteiger partial charge >= 0.3 is 12.0 Å². The lowest BCUT2D eigenvalue weighted by Crippen LogP contribution is -2.51. The molecule has 7 nitrogen and oxygen atoms in total. The third-order valence-electron chi connectivity index (χ3n) is 2.62. The predicted octanol–water partition coefficient (Wildman–Crippen LogP) is -0.454. The van der Waals surface area contributed by atoms with E-state index >= 15 is 0 Å². The molecule has 0 bridgehead atoms. The van der Waals surface area contributed by atoms with Crippen LogP contribution in [0, 0.1) is 5.92 Å². The molecule has 0 heterocycles. The fraction of sp³-hybridized carbons (Fsp3) is 0.818. The molecule has 18 heavy (non-hydrogen) atoms. The minimum Gasteiger partial charge on any atom is -0.480 e. The number of carbonyl (C=O) groups excluding carboxylic acids is 1. The number of aliphatic carboxylic acids is 1. The highest BCUT2D eigenvalue weighted by Crippen LogP contribution is 2.28. The van der Waals surface area contributed by atoms with Gasteiger partial charge < -0.3 is 25.6 Å². The second-order valence-electron chi connectivity index (χ2n) is 4.48. The van der Waals surface area contributed by atoms with Gasteiger partial charge in [-0.05, 0) is 25.7 Å². The van der Waals surface area contributed by atoms with Crippen LogP contribution in [-0.4, -0.2) is 54.1 Å². The average Bonchev–Trinajstić information content (AvgIpc) is 3.08. The number of hydrogen-bond donors (Lipinski definition) is 4. The summed E-state index contributed by atoms with van der Waals surface area (Å²) in [5.41, 5.74) is 0. The van der Waals surface area contributed by atoms with E-state index in [2.05, 4.69) is 10.6 Å². The molecular weight excluding hydrogens is 240 g/mol. The molecule has 0 aromatic rings. The molecule has 0 aromatic heterocycles. The van der Waals surface area contributed by atoms with Crippen molar-refractivity contribution >= 4 is 12.0 Å². The first-order valence-electron chi connectivity index (χ1n) is 6.03. The van der Waals surface area contributed by atoms with Crippen molar-refractivity contribution in [2.45, 2.75) is 31.9 Å². The summed E-state index contributed by atoms with van der Waals surface area (Å²) >= 11 is 0. The highest BCUT2D eigenvalue weighted by atomic mass is 16.5. The Balaban J connectivity index is 2.08. The highest BCUT2D eigenvalue weighted by Gasteiger charge is 2.24. The van der Waals surface area contributed by atoms with E-state index in [1.165, 1.54) is 19.8 Å². The molecule has 0 aliphatic heterocycles. The predicted molar refractivity (Wildman–Crippen MR) is 63.2 cm³/mol. The zero-order chi connectivity index (χ0) is 13.5. The van der Waals surface area contributed by atoms with Crippen LogP contribution in [0.2, 0.25) is 0 Å². The zero-order valence-electron chi connectivity index (χ0n) is 10.4. The van der Waals surface area contributed by atoms with Gasteiger partial charge in [0.1, 0.15) is 0 Å². The van der Waals surface area contributed by atoms with Gasteiger partial charge in [-0.1, -0.05) is 0 Å². The molecule has 0 saturated heterocycles. The molecule has 1 aliphatic carbocycles. The molecule has 2 amide bonds. The molecule has 0 aromatic carbocycles. The maximum Gasteiger partial charge on any atom is 0.328 e. The molecule has 1 fully saturated rings. The largest absolute Gasteiger partial charge is 0.480 e. The number of amides is 2. The number of aliphatic hydroxyl groups excluding tert-OH is 1. The van der Waals surface area contributed by atoms with E-state index in [-0.39, 0.29) is 0 Å². The lowest BCUT2D eigenvalue weighted by atomic mass is 10.2. The molecule has 7 heteroatoms. The summed E-state index contributed by atoms with van der Waals surface area (Å²) in [6.07, 6.45) is 1.27. The number of ether oxygens (including phenoxy) is 1. The number of hydrogen-bond acceptors (Lipinski definition) is 4. The van der Waals surface area contributed by atoms with Crippen molar-refractivity contribution in [3.8, 4) is 0 Å². The SMILES string of the molecule is C[C@@H](O)[C@H](NC(=O)NCCOCC1CC1)C(=O)O. The summed E-state index contributed by atoms with van der Waals surface area (Å²) in [6, 6.07) is -1.93. The summed E-state index contributed by atoms with van der Waals surface area (Å²) in [5.74, 6) is -0.601. The van der Waals surface area contributed by atoms with Crippen LogP contribution in [0.15, 0.2) is 0 Å². The lowest BCUT2D eigenvalue weighted by Gasteiger charge is -2.17. The Labute approximate surface area is 106 Å². The molecule has 0 radical (unpaired) electrons. The highest BCUT2D eigenvalue weighted by molar-refractivity contribution is 5.82. The first-order chi connectivity index (χ1) is 8.50. The van der Waals surface area contributed by atoms with Gasteiger partial charge in [0.2, 0.25) is 0 Å². The van der Waals surface area contributed by atoms with Crippen molar-refractivity contribution < 1.29 is 24.5 Å². The van der Waals surface area contributed by atoms with Gasteiger partial charge in [-0.15, -0.1) is 0 Å². The molecule has 4 N–H and O–H groups in total. The number of nitrogens with one attached hydrogen (secondary N) is 2. The van der Waals surface area contributed by atoms with Crippen molar-refractivity contribution in [1.82, 2.24) is 10.6 Å². The topological polar surface area (TPSA) is 108 Å². The Hall–Kier alpha value is -1.34. The number of carbonyl (C=O) groups is 2. The van der Waals surface area contributed by atoms with Gasteiger partial charge in [-0.2, -0.15) is 0 Å². The first-order valence-corrected chi connectivity index (χ1v) is 6.03. The molecule has 104 valence electrons. The molecule has 2 atom stereocenters. The van der Waals surface area contributed by atoms with E-state index in [1.54, 1.807) is 0 Å². The van der Waals surface area contributed by atoms with Crippen molar-refractivity contribution in [3.63, 3.8) is 0 Å². The zero-order valence-corrected chi connectivity index (χ0v) is 10.4. The molecule has 0 unspecified atom stereocenters. The quantitative estimate of drug-likeness (QED) is 0.442. The first kappa shape index (κ1) is 14.7. The minimum atomic E-state index is -1.31. The van der Waals surface area contributed by atoms with Crippen LogP contribution in [0.1, 0.15) is 19.8 Å². The average molecular weight is 260 g/mol. The van der Waals surface area contributed by atoms with Gasteiger partial charge in [0.25, 0.3) is 0 Å². The van der Waals surface area contributed by atoms with Crippen molar-refractivity contribution in [2.24, 2.45) is 5.92 Å². The van der Waals surface area contributed by atoms with Gasteiger partial charge in [-0.25, -0.2) is 9.59 Å². The summed E-state index contributed by atoms with van der Waals surface area (Å²) in [7, 11) is 0. The van der Waals surface area contributed by atoms with Gasteiger partial charge in [0.15, 0.2) is 6.04 Å². The van der Waals surface area contributed by atoms with Crippen molar-refractivity contribution in [2.75, 3.05) is 19.8 Å². The fourth-order valence-corrected chi connectivity index (χ4v) is 1.35. The van der Waals surface area contributed by atoms with E-state index < -0.39 is 24.1 Å². The van der Waals surface area contributed by atoms with Crippen LogP contribution in [0.25, 0.3) is 0 Å². The second kappa shape index (κ2) is 7.17. The molecule has 0 spiro atoms. The number of aliphatic hydroxyl groups is 1. The van der Waals surface area contributed by atoms with E-state index in [9.17, 15) is 9.59 Å². The Kier molecular flexibility index (Phi) is 5.87. The normalized spacial score (nSPS) is 17.9. The Morgan fingerprint density at radius 2 is 2.11 bits per heavy atom. The number of carboxylic acids is 1. The monoisotopic (exact) mass is 260 g/mol. The maximum atomic E-state index is 11.3. The number of urea groups is 1. The van der Waals surface area contributed by atoms with Crippen LogP contribution < -0.4 is 10.6 Å². The van der Waals surface area contributed by atoms with Crippen LogP contribution in [0.4, 0.5) is 4.79 Å². The van der Waals surface area contributed by atoms with E-state index in [0.717, 1.165) is 0 Å². The second-order valence-corrected chi connectivity index (χ2v) is 4.48. The molecule has 1 saturated carbocycles. The van der Waals surface area contributed by atoms with Gasteiger partial charge in [0.05, 0.1) is 12.7 Å². The maximum absolute atomic E-state index is 11.3. The van der Waals surface area contributed by atoms with Gasteiger partial charge in [-0.3, -0.25) is 0 Å². The standard InChI is InChI=1S/C11H20N2O5/c1-7(14)9(10(15)16)13-11(17)12-4-5-18-6-8-2-3-8/h7-9,14H,2-6H2,1H3,(H,15,16)(H2,12,13,17)/t7-,9+/m1/s1. The van der Waals surface area contributed by atoms with Crippen LogP contribution in [0.5, 0.6) is 0 Å². The number of carboxylic acid groups (broad SMARTS) is 1. The Morgan fingerprint density at radius 3 is 2.61 bits per heavy atom. The minimum absolute atomic E-state index is 0.310.